The van der Waals surface area contributed by atoms with Gasteiger partial charge in [-0.3, -0.25) is 19.2 Å². The maximum atomic E-state index is 12.4. The van der Waals surface area contributed by atoms with Crippen molar-refractivity contribution >= 4 is 28.9 Å². The van der Waals surface area contributed by atoms with Gasteiger partial charge in [-0.15, -0.1) is 0 Å². The highest BCUT2D eigenvalue weighted by atomic mass is 16.6. The number of hydrogen-bond acceptors (Lipinski definition) is 7. The monoisotopic (exact) mass is 569 g/mol. The summed E-state index contributed by atoms with van der Waals surface area (Å²) in [6.45, 7) is 14.5. The van der Waals surface area contributed by atoms with E-state index < -0.39 is 17.1 Å². The van der Waals surface area contributed by atoms with Crippen LogP contribution >= 0.6 is 0 Å². The molecule has 0 bridgehead atoms. The van der Waals surface area contributed by atoms with Gasteiger partial charge in [0.1, 0.15) is 11.2 Å². The molecule has 2 fully saturated rings. The first-order chi connectivity index (χ1) is 19.2. The van der Waals surface area contributed by atoms with Gasteiger partial charge < -0.3 is 20.1 Å². The number of benzene rings is 1. The van der Waals surface area contributed by atoms with E-state index in [9.17, 15) is 14.4 Å². The smallest absolute Gasteiger partial charge is 0.410 e. The van der Waals surface area contributed by atoms with Crippen molar-refractivity contribution in [2.45, 2.75) is 97.3 Å². The Morgan fingerprint density at radius 3 is 2.15 bits per heavy atom. The number of amides is 2. The van der Waals surface area contributed by atoms with E-state index in [4.69, 9.17) is 15.2 Å². The van der Waals surface area contributed by atoms with Crippen molar-refractivity contribution in [3.8, 4) is 0 Å². The summed E-state index contributed by atoms with van der Waals surface area (Å²) in [5.41, 5.74) is 7.15. The zero-order valence-electron chi connectivity index (χ0n) is 25.6. The Morgan fingerprint density at radius 2 is 1.56 bits per heavy atom. The number of ether oxygens (including phenoxy) is 2. The molecule has 10 heteroatoms. The lowest BCUT2D eigenvalue weighted by Crippen LogP contribution is -2.41. The maximum Gasteiger partial charge on any atom is 0.410 e. The molecule has 2 aliphatic rings. The van der Waals surface area contributed by atoms with E-state index in [-0.39, 0.29) is 24.6 Å². The van der Waals surface area contributed by atoms with E-state index >= 15 is 0 Å². The minimum Gasteiger partial charge on any atom is -0.459 e. The summed E-state index contributed by atoms with van der Waals surface area (Å²) in [5, 5.41) is 5.47. The lowest BCUT2D eigenvalue weighted by molar-refractivity contribution is -0.156. The van der Waals surface area contributed by atoms with Gasteiger partial charge in [0.25, 0.3) is 5.91 Å². The van der Waals surface area contributed by atoms with Gasteiger partial charge in [-0.2, -0.15) is 5.10 Å². The van der Waals surface area contributed by atoms with E-state index in [0.29, 0.717) is 24.7 Å². The standard InChI is InChI=1S/C31H47N5O5/c1-30(2,3)40-26(37)20-34-15-13-23(14-16-34)36-25-10-9-22(19-24(25)27(33-36)28(32)38)8-7-21-11-17-35(18-12-21)29(39)41-31(4,5)6/h9-10,19,21,23H,7-8,11-18,20H2,1-6H3,(H2,32,38). The fourth-order valence-corrected chi connectivity index (χ4v) is 5.78. The summed E-state index contributed by atoms with van der Waals surface area (Å²) >= 11 is 0. The molecule has 0 spiro atoms. The fourth-order valence-electron chi connectivity index (χ4n) is 5.78. The highest BCUT2D eigenvalue weighted by Crippen LogP contribution is 2.30. The molecule has 2 amide bonds. The Bertz CT molecular complexity index is 1240. The van der Waals surface area contributed by atoms with Gasteiger partial charge in [0.15, 0.2) is 5.69 Å². The second-order valence-electron chi connectivity index (χ2n) is 13.6. The Labute approximate surface area is 243 Å². The molecule has 10 nitrogen and oxygen atoms in total. The van der Waals surface area contributed by atoms with Crippen LogP contribution in [0.1, 0.15) is 95.7 Å². The first-order valence-corrected chi connectivity index (χ1v) is 14.9. The lowest BCUT2D eigenvalue weighted by Gasteiger charge is -2.33. The number of carbonyl (C=O) groups excluding carboxylic acids is 3. The predicted octanol–water partition coefficient (Wildman–Crippen LogP) is 4.69. The zero-order chi connectivity index (χ0) is 29.9. The number of aromatic nitrogens is 2. The third-order valence-corrected chi connectivity index (χ3v) is 7.79. The van der Waals surface area contributed by atoms with Crippen molar-refractivity contribution in [3.63, 3.8) is 0 Å². The lowest BCUT2D eigenvalue weighted by atomic mass is 9.90. The number of primary amides is 1. The summed E-state index contributed by atoms with van der Waals surface area (Å²) < 4.78 is 12.9. The Balaban J connectivity index is 1.35. The van der Waals surface area contributed by atoms with Crippen LogP contribution in [0.25, 0.3) is 10.9 Å². The Kier molecular flexibility index (Phi) is 9.31. The van der Waals surface area contributed by atoms with Crippen molar-refractivity contribution in [3.05, 3.63) is 29.5 Å². The molecule has 4 rings (SSSR count). The molecule has 1 aromatic heterocycles. The van der Waals surface area contributed by atoms with Crippen molar-refractivity contribution in [1.82, 2.24) is 19.6 Å². The normalized spacial score (nSPS) is 18.0. The van der Waals surface area contributed by atoms with Gasteiger partial charge in [-0.05, 0) is 104 Å². The molecule has 3 heterocycles. The molecule has 1 aromatic carbocycles. The highest BCUT2D eigenvalue weighted by Gasteiger charge is 2.29. The number of nitrogens with two attached hydrogens (primary N) is 1. The van der Waals surface area contributed by atoms with Gasteiger partial charge in [0, 0.05) is 31.6 Å². The van der Waals surface area contributed by atoms with Crippen LogP contribution in [0, 0.1) is 5.92 Å². The van der Waals surface area contributed by atoms with Gasteiger partial charge in [-0.25, -0.2) is 4.79 Å². The first-order valence-electron chi connectivity index (χ1n) is 14.9. The van der Waals surface area contributed by atoms with E-state index in [1.54, 1.807) is 0 Å². The van der Waals surface area contributed by atoms with Crippen molar-refractivity contribution in [2.75, 3.05) is 32.7 Å². The molecule has 0 atom stereocenters. The van der Waals surface area contributed by atoms with Gasteiger partial charge >= 0.3 is 12.1 Å². The minimum absolute atomic E-state index is 0.126. The van der Waals surface area contributed by atoms with Crippen LogP contribution in [-0.2, 0) is 20.7 Å². The Morgan fingerprint density at radius 1 is 0.927 bits per heavy atom. The topological polar surface area (TPSA) is 120 Å². The molecular formula is C31H47N5O5. The van der Waals surface area contributed by atoms with Crippen LogP contribution in [0.5, 0.6) is 0 Å². The molecule has 226 valence electrons. The average molecular weight is 570 g/mol. The number of aryl methyl sites for hydroxylation is 1. The first kappa shape index (κ1) is 30.8. The zero-order valence-corrected chi connectivity index (χ0v) is 25.6. The number of hydrogen-bond donors (Lipinski definition) is 1. The molecular weight excluding hydrogens is 522 g/mol. The summed E-state index contributed by atoms with van der Waals surface area (Å²) in [6, 6.07) is 6.37. The second kappa shape index (κ2) is 12.4. The van der Waals surface area contributed by atoms with Crippen LogP contribution < -0.4 is 5.73 Å². The summed E-state index contributed by atoms with van der Waals surface area (Å²) in [7, 11) is 0. The molecule has 2 saturated heterocycles. The molecule has 2 aliphatic heterocycles. The molecule has 2 N–H and O–H groups in total. The van der Waals surface area contributed by atoms with Crippen LogP contribution in [-0.4, -0.2) is 81.5 Å². The highest BCUT2D eigenvalue weighted by molar-refractivity contribution is 6.04. The third kappa shape index (κ3) is 8.44. The molecule has 0 radical (unpaired) electrons. The summed E-state index contributed by atoms with van der Waals surface area (Å²) in [6.07, 6.45) is 5.23. The van der Waals surface area contributed by atoms with Crippen molar-refractivity contribution in [1.29, 1.82) is 0 Å². The van der Waals surface area contributed by atoms with Crippen molar-refractivity contribution in [2.24, 2.45) is 11.7 Å². The summed E-state index contributed by atoms with van der Waals surface area (Å²) in [5.74, 6) is -0.200. The van der Waals surface area contributed by atoms with Crippen LogP contribution in [0.4, 0.5) is 4.79 Å². The number of carbonyl (C=O) groups is 3. The second-order valence-corrected chi connectivity index (χ2v) is 13.6. The number of piperidine rings is 2. The minimum atomic E-state index is -0.525. The SMILES string of the molecule is CC(C)(C)OC(=O)CN1CCC(n2nc(C(N)=O)c3cc(CCC4CCN(C(=O)OC(C)(C)C)CC4)ccc32)CC1. The van der Waals surface area contributed by atoms with E-state index in [1.165, 1.54) is 0 Å². The number of nitrogens with zero attached hydrogens (tertiary/aromatic N) is 4. The fraction of sp³-hybridized carbons (Fsp3) is 0.677. The third-order valence-electron chi connectivity index (χ3n) is 7.79. The van der Waals surface area contributed by atoms with Crippen LogP contribution in [0.2, 0.25) is 0 Å². The number of esters is 1. The van der Waals surface area contributed by atoms with Gasteiger partial charge in [0.05, 0.1) is 18.1 Å². The van der Waals surface area contributed by atoms with E-state index in [1.807, 2.05) is 51.1 Å². The molecule has 41 heavy (non-hydrogen) atoms. The van der Waals surface area contributed by atoms with Crippen molar-refractivity contribution < 1.29 is 23.9 Å². The molecule has 2 aromatic rings. The van der Waals surface area contributed by atoms with Crippen LogP contribution in [0.15, 0.2) is 18.2 Å². The molecule has 0 aliphatic carbocycles. The summed E-state index contributed by atoms with van der Waals surface area (Å²) in [4.78, 5) is 40.9. The Hall–Kier alpha value is -3.14. The van der Waals surface area contributed by atoms with E-state index in [2.05, 4.69) is 28.2 Å². The van der Waals surface area contributed by atoms with Crippen LogP contribution in [0.3, 0.4) is 0 Å². The maximum absolute atomic E-state index is 12.4. The van der Waals surface area contributed by atoms with Gasteiger partial charge in [-0.1, -0.05) is 6.07 Å². The largest absolute Gasteiger partial charge is 0.459 e. The number of fused-ring (bicyclic) bond motifs is 1. The quantitative estimate of drug-likeness (QED) is 0.480. The molecule has 0 unspecified atom stereocenters. The average Bonchev–Trinajstić information content (AvgIpc) is 3.25. The number of rotatable bonds is 7. The van der Waals surface area contributed by atoms with E-state index in [0.717, 1.165) is 68.1 Å². The van der Waals surface area contributed by atoms with Gasteiger partial charge in [0.2, 0.25) is 0 Å². The molecule has 0 saturated carbocycles. The predicted molar refractivity (Wildman–Crippen MR) is 158 cm³/mol. The number of likely N-dealkylation sites (tertiary alicyclic amines) is 2.